The summed E-state index contributed by atoms with van der Waals surface area (Å²) in [5.41, 5.74) is 0.393. The summed E-state index contributed by atoms with van der Waals surface area (Å²) in [6, 6.07) is 4.80. The van der Waals surface area contributed by atoms with Gasteiger partial charge in [-0.25, -0.2) is 4.79 Å². The molecular formula is C14H16ClNO5. The van der Waals surface area contributed by atoms with Crippen molar-refractivity contribution < 1.29 is 19.2 Å². The summed E-state index contributed by atoms with van der Waals surface area (Å²) in [4.78, 5) is 33.8. The van der Waals surface area contributed by atoms with Crippen LogP contribution in [0.5, 0.6) is 0 Å². The van der Waals surface area contributed by atoms with Crippen LogP contribution < -0.4 is 0 Å². The number of rotatable bonds is 7. The summed E-state index contributed by atoms with van der Waals surface area (Å²) in [5, 5.41) is 11.6. The highest BCUT2D eigenvalue weighted by Gasteiger charge is 2.42. The Balaban J connectivity index is 3.27. The Morgan fingerprint density at radius 3 is 2.48 bits per heavy atom. The molecule has 0 saturated carbocycles. The molecule has 0 amide bonds. The van der Waals surface area contributed by atoms with Crippen LogP contribution >= 0.6 is 11.6 Å². The molecule has 0 aromatic heterocycles. The van der Waals surface area contributed by atoms with E-state index in [1.54, 1.807) is 31.2 Å². The van der Waals surface area contributed by atoms with Gasteiger partial charge in [0.2, 0.25) is 0 Å². The highest BCUT2D eigenvalue weighted by atomic mass is 35.5. The van der Waals surface area contributed by atoms with Gasteiger partial charge in [-0.05, 0) is 25.5 Å². The first kappa shape index (κ1) is 17.1. The third kappa shape index (κ3) is 4.53. The van der Waals surface area contributed by atoms with E-state index in [1.165, 1.54) is 6.92 Å². The Labute approximate surface area is 127 Å². The molecule has 7 heteroatoms. The van der Waals surface area contributed by atoms with E-state index in [9.17, 15) is 19.7 Å². The average Bonchev–Trinajstić information content (AvgIpc) is 2.38. The number of esters is 1. The predicted molar refractivity (Wildman–Crippen MR) is 76.9 cm³/mol. The maximum atomic E-state index is 11.9. The minimum atomic E-state index is -1.66. The minimum absolute atomic E-state index is 0.0263. The lowest BCUT2D eigenvalue weighted by molar-refractivity contribution is -0.514. The van der Waals surface area contributed by atoms with Crippen molar-refractivity contribution in [1.82, 2.24) is 0 Å². The molecule has 1 rings (SSSR count). The molecule has 0 bridgehead atoms. The van der Waals surface area contributed by atoms with Gasteiger partial charge in [-0.3, -0.25) is 10.1 Å². The van der Waals surface area contributed by atoms with Gasteiger partial charge in [0.05, 0.1) is 12.5 Å². The predicted octanol–water partition coefficient (Wildman–Crippen LogP) is 2.61. The van der Waals surface area contributed by atoms with Gasteiger partial charge in [-0.15, -0.1) is 0 Å². The number of carbonyl (C=O) groups is 2. The molecule has 0 heterocycles. The van der Waals surface area contributed by atoms with Crippen molar-refractivity contribution in [3.05, 3.63) is 45.0 Å². The summed E-state index contributed by atoms with van der Waals surface area (Å²) in [5.74, 6) is -2.19. The standard InChI is InChI=1S/C14H16ClNO5/c1-3-21-14(18)13(16(19)20)11(8-9(2)17)10-6-4-5-7-12(10)15/h4-7,11,13H,3,8H2,1-2H3/t11-,13?/m0/s1. The SMILES string of the molecule is CCOC(=O)C([C@@H](CC(C)=O)c1ccccc1Cl)[N+](=O)[O-]. The van der Waals surface area contributed by atoms with E-state index in [-0.39, 0.29) is 23.8 Å². The second kappa shape index (κ2) is 7.73. The second-order valence-electron chi connectivity index (χ2n) is 4.52. The Morgan fingerprint density at radius 1 is 1.38 bits per heavy atom. The number of nitrogens with zero attached hydrogens (tertiary/aromatic N) is 1. The van der Waals surface area contributed by atoms with E-state index in [4.69, 9.17) is 16.3 Å². The molecular weight excluding hydrogens is 298 g/mol. The fraction of sp³-hybridized carbons (Fsp3) is 0.429. The molecule has 0 aliphatic carbocycles. The largest absolute Gasteiger partial charge is 0.461 e. The molecule has 1 aromatic carbocycles. The Bertz CT molecular complexity index is 546. The lowest BCUT2D eigenvalue weighted by atomic mass is 9.87. The number of hydrogen-bond donors (Lipinski definition) is 0. The molecule has 0 saturated heterocycles. The van der Waals surface area contributed by atoms with Crippen molar-refractivity contribution in [3.63, 3.8) is 0 Å². The van der Waals surface area contributed by atoms with Crippen LogP contribution in [0.2, 0.25) is 5.02 Å². The molecule has 0 aliphatic rings. The molecule has 0 fully saturated rings. The lowest BCUT2D eigenvalue weighted by Crippen LogP contribution is -2.38. The van der Waals surface area contributed by atoms with Crippen molar-refractivity contribution >= 4 is 23.4 Å². The number of Topliss-reactive ketones (excluding diaryl/α,β-unsaturated/α-hetero) is 1. The maximum absolute atomic E-state index is 11.9. The number of ketones is 1. The first-order valence-electron chi connectivity index (χ1n) is 6.42. The van der Waals surface area contributed by atoms with Crippen molar-refractivity contribution in [2.24, 2.45) is 0 Å². The normalized spacial score (nSPS) is 13.3. The molecule has 1 aromatic rings. The molecule has 0 spiro atoms. The van der Waals surface area contributed by atoms with Gasteiger partial charge in [0.25, 0.3) is 0 Å². The Kier molecular flexibility index (Phi) is 6.30. The molecule has 0 N–H and O–H groups in total. The van der Waals surface area contributed by atoms with Crippen molar-refractivity contribution in [1.29, 1.82) is 0 Å². The monoisotopic (exact) mass is 313 g/mol. The maximum Gasteiger partial charge on any atom is 0.382 e. The van der Waals surface area contributed by atoms with Crippen molar-refractivity contribution in [2.75, 3.05) is 6.61 Å². The topological polar surface area (TPSA) is 86.5 Å². The zero-order chi connectivity index (χ0) is 16.0. The smallest absolute Gasteiger partial charge is 0.382 e. The number of carbonyl (C=O) groups excluding carboxylic acids is 2. The van der Waals surface area contributed by atoms with Gasteiger partial charge in [0.1, 0.15) is 5.78 Å². The van der Waals surface area contributed by atoms with Crippen LogP contribution in [0.4, 0.5) is 0 Å². The fourth-order valence-electron chi connectivity index (χ4n) is 2.10. The first-order valence-corrected chi connectivity index (χ1v) is 6.80. The summed E-state index contributed by atoms with van der Waals surface area (Å²) < 4.78 is 4.75. The average molecular weight is 314 g/mol. The van der Waals surface area contributed by atoms with Crippen LogP contribution in [-0.4, -0.2) is 29.3 Å². The zero-order valence-electron chi connectivity index (χ0n) is 11.7. The van der Waals surface area contributed by atoms with Crippen LogP contribution in [-0.2, 0) is 14.3 Å². The summed E-state index contributed by atoms with van der Waals surface area (Å²) in [6.07, 6.45) is -0.159. The quantitative estimate of drug-likeness (QED) is 0.439. The zero-order valence-corrected chi connectivity index (χ0v) is 12.5. The van der Waals surface area contributed by atoms with Gasteiger partial charge in [0.15, 0.2) is 0 Å². The fourth-order valence-corrected chi connectivity index (χ4v) is 2.38. The summed E-state index contributed by atoms with van der Waals surface area (Å²) in [6.45, 7) is 2.90. The van der Waals surface area contributed by atoms with Crippen LogP contribution in [0.25, 0.3) is 0 Å². The molecule has 114 valence electrons. The van der Waals surface area contributed by atoms with Gasteiger partial charge in [0, 0.05) is 16.4 Å². The van der Waals surface area contributed by atoms with E-state index < -0.39 is 22.9 Å². The summed E-state index contributed by atoms with van der Waals surface area (Å²) >= 11 is 6.05. The van der Waals surface area contributed by atoms with Crippen molar-refractivity contribution in [2.45, 2.75) is 32.2 Å². The van der Waals surface area contributed by atoms with Gasteiger partial charge < -0.3 is 9.53 Å². The molecule has 21 heavy (non-hydrogen) atoms. The highest BCUT2D eigenvalue weighted by molar-refractivity contribution is 6.31. The van der Waals surface area contributed by atoms with E-state index in [1.807, 2.05) is 0 Å². The number of ether oxygens (including phenoxy) is 1. The van der Waals surface area contributed by atoms with Gasteiger partial charge in [-0.2, -0.15) is 0 Å². The molecule has 0 aliphatic heterocycles. The van der Waals surface area contributed by atoms with Gasteiger partial charge in [-0.1, -0.05) is 29.8 Å². The van der Waals surface area contributed by atoms with Crippen LogP contribution in [0, 0.1) is 10.1 Å². The number of hydrogen-bond acceptors (Lipinski definition) is 5. The molecule has 2 atom stereocenters. The van der Waals surface area contributed by atoms with E-state index >= 15 is 0 Å². The first-order chi connectivity index (χ1) is 9.88. The molecule has 6 nitrogen and oxygen atoms in total. The van der Waals surface area contributed by atoms with E-state index in [0.717, 1.165) is 0 Å². The van der Waals surface area contributed by atoms with Crippen LogP contribution in [0.1, 0.15) is 31.7 Å². The minimum Gasteiger partial charge on any atom is -0.461 e. The van der Waals surface area contributed by atoms with E-state index in [2.05, 4.69) is 0 Å². The van der Waals surface area contributed by atoms with Crippen LogP contribution in [0.3, 0.4) is 0 Å². The third-order valence-corrected chi connectivity index (χ3v) is 3.29. The second-order valence-corrected chi connectivity index (χ2v) is 4.92. The Hall–Kier alpha value is -1.95. The molecule has 0 radical (unpaired) electrons. The number of nitro groups is 1. The van der Waals surface area contributed by atoms with Gasteiger partial charge >= 0.3 is 12.0 Å². The highest BCUT2D eigenvalue weighted by Crippen LogP contribution is 2.31. The Morgan fingerprint density at radius 2 is 2.00 bits per heavy atom. The van der Waals surface area contributed by atoms with Crippen molar-refractivity contribution in [3.8, 4) is 0 Å². The number of halogens is 1. The molecule has 1 unspecified atom stereocenters. The van der Waals surface area contributed by atoms with Crippen LogP contribution in [0.15, 0.2) is 24.3 Å². The van der Waals surface area contributed by atoms with E-state index in [0.29, 0.717) is 5.56 Å². The summed E-state index contributed by atoms with van der Waals surface area (Å²) in [7, 11) is 0. The third-order valence-electron chi connectivity index (χ3n) is 2.95. The number of benzene rings is 1. The lowest BCUT2D eigenvalue weighted by Gasteiger charge is -2.20.